The molecule has 3 aromatic rings. The van der Waals surface area contributed by atoms with Crippen molar-refractivity contribution in [1.82, 2.24) is 0 Å². The van der Waals surface area contributed by atoms with E-state index in [-0.39, 0.29) is 5.57 Å². The second kappa shape index (κ2) is 10.8. The van der Waals surface area contributed by atoms with Crippen molar-refractivity contribution in [2.24, 2.45) is 0 Å². The zero-order valence-electron chi connectivity index (χ0n) is 18.1. The lowest BCUT2D eigenvalue weighted by molar-refractivity contribution is -0.112. The van der Waals surface area contributed by atoms with E-state index in [1.54, 1.807) is 19.3 Å². The van der Waals surface area contributed by atoms with Crippen LogP contribution in [-0.2, 0) is 11.4 Å². The summed E-state index contributed by atoms with van der Waals surface area (Å²) in [6.07, 6.45) is 1.55. The largest absolute Gasteiger partial charge is 0.493 e. The molecule has 1 amide bonds. The van der Waals surface area contributed by atoms with Crippen LogP contribution in [-0.4, -0.2) is 13.0 Å². The number of nitrogens with zero attached hydrogens (tertiary/aromatic N) is 1. The molecule has 0 spiro atoms. The minimum absolute atomic E-state index is 0.00159. The van der Waals surface area contributed by atoms with E-state index >= 15 is 0 Å². The van der Waals surface area contributed by atoms with Gasteiger partial charge in [-0.1, -0.05) is 42.5 Å². The summed E-state index contributed by atoms with van der Waals surface area (Å²) in [6.45, 7) is 4.27. The number of carbonyl (C=O) groups excluding carboxylic acids is 1. The summed E-state index contributed by atoms with van der Waals surface area (Å²) in [4.78, 5) is 12.7. The van der Waals surface area contributed by atoms with Crippen LogP contribution in [0.15, 0.2) is 66.2 Å². The van der Waals surface area contributed by atoms with E-state index in [1.165, 1.54) is 0 Å². The molecule has 0 atom stereocenters. The Labute approximate surface area is 201 Å². The van der Waals surface area contributed by atoms with Crippen molar-refractivity contribution in [1.29, 1.82) is 5.26 Å². The molecule has 0 aliphatic carbocycles. The molecule has 6 heteroatoms. The summed E-state index contributed by atoms with van der Waals surface area (Å²) >= 11 is 2.16. The van der Waals surface area contributed by atoms with Crippen molar-refractivity contribution in [3.63, 3.8) is 0 Å². The number of benzene rings is 3. The standard InChI is InChI=1S/C26H23IN2O3/c1-17-9-10-18(2)23(11-17)29-26(30)21(15-28)12-20-13-22(27)25(24(14-20)31-3)32-16-19-7-5-4-6-8-19/h4-14H,16H2,1-3H3,(H,29,30)/b21-12-. The van der Waals surface area contributed by atoms with Crippen molar-refractivity contribution in [3.8, 4) is 17.6 Å². The predicted molar refractivity (Wildman–Crippen MR) is 135 cm³/mol. The zero-order chi connectivity index (χ0) is 23.1. The van der Waals surface area contributed by atoms with Gasteiger partial charge in [0.25, 0.3) is 5.91 Å². The van der Waals surface area contributed by atoms with Crippen LogP contribution in [0, 0.1) is 28.7 Å². The fourth-order valence-corrected chi connectivity index (χ4v) is 3.85. The summed E-state index contributed by atoms with van der Waals surface area (Å²) in [7, 11) is 1.56. The first kappa shape index (κ1) is 23.4. The number of hydrogen-bond donors (Lipinski definition) is 1. The molecule has 5 nitrogen and oxygen atoms in total. The van der Waals surface area contributed by atoms with Gasteiger partial charge in [0, 0.05) is 5.69 Å². The maximum atomic E-state index is 12.7. The highest BCUT2D eigenvalue weighted by Gasteiger charge is 2.15. The van der Waals surface area contributed by atoms with E-state index < -0.39 is 5.91 Å². The molecular formula is C26H23IN2O3. The van der Waals surface area contributed by atoms with Crippen molar-refractivity contribution in [2.75, 3.05) is 12.4 Å². The summed E-state index contributed by atoms with van der Waals surface area (Å²) in [6, 6.07) is 21.3. The molecule has 0 unspecified atom stereocenters. The normalized spacial score (nSPS) is 10.9. The Balaban J connectivity index is 1.84. The van der Waals surface area contributed by atoms with Gasteiger partial charge < -0.3 is 14.8 Å². The molecule has 3 rings (SSSR count). The Morgan fingerprint density at radius 3 is 2.56 bits per heavy atom. The van der Waals surface area contributed by atoms with Gasteiger partial charge in [-0.3, -0.25) is 4.79 Å². The zero-order valence-corrected chi connectivity index (χ0v) is 20.3. The molecule has 0 fully saturated rings. The van der Waals surface area contributed by atoms with Crippen LogP contribution in [0.5, 0.6) is 11.5 Å². The number of anilines is 1. The summed E-state index contributed by atoms with van der Waals surface area (Å²) in [5.41, 5.74) is 4.36. The smallest absolute Gasteiger partial charge is 0.266 e. The number of halogens is 1. The van der Waals surface area contributed by atoms with Crippen molar-refractivity contribution in [3.05, 3.63) is 92.1 Å². The Morgan fingerprint density at radius 2 is 1.88 bits per heavy atom. The lowest BCUT2D eigenvalue weighted by Gasteiger charge is -2.14. The molecule has 0 bridgehead atoms. The molecule has 0 aliphatic rings. The van der Waals surface area contributed by atoms with Crippen LogP contribution in [0.4, 0.5) is 5.69 Å². The molecule has 0 aliphatic heterocycles. The molecule has 3 aromatic carbocycles. The Kier molecular flexibility index (Phi) is 7.90. The molecule has 0 heterocycles. The lowest BCUT2D eigenvalue weighted by atomic mass is 10.1. The molecule has 162 valence electrons. The molecule has 32 heavy (non-hydrogen) atoms. The predicted octanol–water partition coefficient (Wildman–Crippen LogP) is 6.04. The first-order chi connectivity index (χ1) is 15.4. The maximum absolute atomic E-state index is 12.7. The van der Waals surface area contributed by atoms with Gasteiger partial charge in [0.05, 0.1) is 10.7 Å². The molecule has 1 N–H and O–H groups in total. The second-order valence-corrected chi connectivity index (χ2v) is 8.41. The number of methoxy groups -OCH3 is 1. The number of nitrogens with one attached hydrogen (secondary N) is 1. The Bertz CT molecular complexity index is 1200. The van der Waals surface area contributed by atoms with E-state index in [1.807, 2.05) is 74.5 Å². The fraction of sp³-hybridized carbons (Fsp3) is 0.154. The monoisotopic (exact) mass is 538 g/mol. The van der Waals surface area contributed by atoms with Gasteiger partial charge in [-0.15, -0.1) is 0 Å². The van der Waals surface area contributed by atoms with Crippen LogP contribution in [0.3, 0.4) is 0 Å². The first-order valence-electron chi connectivity index (χ1n) is 9.96. The van der Waals surface area contributed by atoms with Gasteiger partial charge in [-0.2, -0.15) is 5.26 Å². The number of nitriles is 1. The van der Waals surface area contributed by atoms with Crippen LogP contribution in [0.2, 0.25) is 0 Å². The Hall–Kier alpha value is -3.31. The minimum atomic E-state index is -0.459. The maximum Gasteiger partial charge on any atom is 0.266 e. The van der Waals surface area contributed by atoms with Crippen molar-refractivity contribution >= 4 is 40.3 Å². The second-order valence-electron chi connectivity index (χ2n) is 7.25. The number of aryl methyl sites for hydroxylation is 2. The average Bonchev–Trinajstić information content (AvgIpc) is 2.79. The fourth-order valence-electron chi connectivity index (χ4n) is 3.07. The van der Waals surface area contributed by atoms with Crippen LogP contribution in [0.25, 0.3) is 6.08 Å². The third kappa shape index (κ3) is 5.89. The highest BCUT2D eigenvalue weighted by Crippen LogP contribution is 2.35. The van der Waals surface area contributed by atoms with E-state index in [0.29, 0.717) is 29.4 Å². The quantitative estimate of drug-likeness (QED) is 0.226. The molecule has 0 radical (unpaired) electrons. The van der Waals surface area contributed by atoms with Gasteiger partial charge in [-0.05, 0) is 83.0 Å². The van der Waals surface area contributed by atoms with Gasteiger partial charge >= 0.3 is 0 Å². The molecule has 0 saturated carbocycles. The molecule has 0 aromatic heterocycles. The first-order valence-corrected chi connectivity index (χ1v) is 11.0. The van der Waals surface area contributed by atoms with Crippen molar-refractivity contribution in [2.45, 2.75) is 20.5 Å². The highest BCUT2D eigenvalue weighted by atomic mass is 127. The van der Waals surface area contributed by atoms with Gasteiger partial charge in [0.2, 0.25) is 0 Å². The van der Waals surface area contributed by atoms with Gasteiger partial charge in [0.15, 0.2) is 11.5 Å². The van der Waals surface area contributed by atoms with E-state index in [2.05, 4.69) is 27.9 Å². The van der Waals surface area contributed by atoms with Crippen molar-refractivity contribution < 1.29 is 14.3 Å². The highest BCUT2D eigenvalue weighted by molar-refractivity contribution is 14.1. The SMILES string of the molecule is COc1cc(/C=C(/C#N)C(=O)Nc2cc(C)ccc2C)cc(I)c1OCc1ccccc1. The molecular weight excluding hydrogens is 515 g/mol. The van der Waals surface area contributed by atoms with Crippen LogP contribution < -0.4 is 14.8 Å². The van der Waals surface area contributed by atoms with Gasteiger partial charge in [0.1, 0.15) is 18.2 Å². The topological polar surface area (TPSA) is 71.3 Å². The average molecular weight is 538 g/mol. The van der Waals surface area contributed by atoms with E-state index in [9.17, 15) is 10.1 Å². The number of carbonyl (C=O) groups is 1. The number of amides is 1. The minimum Gasteiger partial charge on any atom is -0.493 e. The van der Waals surface area contributed by atoms with E-state index in [4.69, 9.17) is 9.47 Å². The summed E-state index contributed by atoms with van der Waals surface area (Å²) in [5.74, 6) is 0.693. The summed E-state index contributed by atoms with van der Waals surface area (Å²) in [5, 5.41) is 12.4. The van der Waals surface area contributed by atoms with E-state index in [0.717, 1.165) is 20.3 Å². The van der Waals surface area contributed by atoms with Crippen LogP contribution >= 0.6 is 22.6 Å². The lowest BCUT2D eigenvalue weighted by Crippen LogP contribution is -2.14. The third-order valence-corrected chi connectivity index (χ3v) is 5.60. The summed E-state index contributed by atoms with van der Waals surface area (Å²) < 4.78 is 12.3. The number of rotatable bonds is 7. The molecule has 0 saturated heterocycles. The number of hydrogen-bond acceptors (Lipinski definition) is 4. The number of ether oxygens (including phenoxy) is 2. The Morgan fingerprint density at radius 1 is 1.12 bits per heavy atom. The third-order valence-electron chi connectivity index (χ3n) is 4.80. The van der Waals surface area contributed by atoms with Crippen LogP contribution in [0.1, 0.15) is 22.3 Å². The van der Waals surface area contributed by atoms with Gasteiger partial charge in [-0.25, -0.2) is 0 Å².